The minimum absolute atomic E-state index is 0.107. The molecule has 0 fully saturated rings. The SMILES string of the molecule is Cc1ccc(S(=O)(=O)N(CC(=O)Nc2cccc(C)c2)c2cccc(Cl)c2C)cc1. The highest BCUT2D eigenvalue weighted by atomic mass is 35.5. The van der Waals surface area contributed by atoms with E-state index in [2.05, 4.69) is 5.32 Å². The smallest absolute Gasteiger partial charge is 0.264 e. The van der Waals surface area contributed by atoms with E-state index in [0.717, 1.165) is 15.4 Å². The van der Waals surface area contributed by atoms with Gasteiger partial charge in [0.05, 0.1) is 10.6 Å². The van der Waals surface area contributed by atoms with Crippen molar-refractivity contribution in [1.29, 1.82) is 0 Å². The minimum Gasteiger partial charge on any atom is -0.325 e. The molecule has 0 aliphatic heterocycles. The standard InChI is InChI=1S/C23H23ClN2O3S/c1-16-10-12-20(13-11-16)30(28,29)26(22-9-5-8-21(24)18(22)3)15-23(27)25-19-7-4-6-17(2)14-19/h4-14H,15H2,1-3H3,(H,25,27). The Morgan fingerprint density at radius 2 is 1.60 bits per heavy atom. The number of aryl methyl sites for hydroxylation is 2. The number of hydrogen-bond donors (Lipinski definition) is 1. The molecule has 1 N–H and O–H groups in total. The van der Waals surface area contributed by atoms with Gasteiger partial charge in [-0.3, -0.25) is 9.10 Å². The summed E-state index contributed by atoms with van der Waals surface area (Å²) in [6.07, 6.45) is 0. The number of anilines is 2. The summed E-state index contributed by atoms with van der Waals surface area (Å²) in [6, 6.07) is 18.8. The van der Waals surface area contributed by atoms with Gasteiger partial charge in [0.15, 0.2) is 0 Å². The van der Waals surface area contributed by atoms with E-state index in [4.69, 9.17) is 11.6 Å². The summed E-state index contributed by atoms with van der Waals surface area (Å²) >= 11 is 6.24. The second-order valence-corrected chi connectivity index (χ2v) is 9.40. The van der Waals surface area contributed by atoms with Gasteiger partial charge in [-0.25, -0.2) is 8.42 Å². The van der Waals surface area contributed by atoms with Gasteiger partial charge >= 0.3 is 0 Å². The first kappa shape index (κ1) is 21.9. The summed E-state index contributed by atoms with van der Waals surface area (Å²) in [7, 11) is -3.99. The molecule has 0 atom stereocenters. The molecule has 0 radical (unpaired) electrons. The van der Waals surface area contributed by atoms with E-state index in [9.17, 15) is 13.2 Å². The molecule has 7 heteroatoms. The Morgan fingerprint density at radius 1 is 0.933 bits per heavy atom. The van der Waals surface area contributed by atoms with Crippen LogP contribution in [0.15, 0.2) is 71.6 Å². The van der Waals surface area contributed by atoms with Crippen LogP contribution in [0.4, 0.5) is 11.4 Å². The first-order valence-corrected chi connectivity index (χ1v) is 11.2. The Bertz CT molecular complexity index is 1180. The molecule has 0 spiro atoms. The van der Waals surface area contributed by atoms with Crippen molar-refractivity contribution in [1.82, 2.24) is 0 Å². The number of benzene rings is 3. The zero-order valence-electron chi connectivity index (χ0n) is 17.0. The molecular weight excluding hydrogens is 420 g/mol. The van der Waals surface area contributed by atoms with E-state index in [1.165, 1.54) is 12.1 Å². The third-order valence-corrected chi connectivity index (χ3v) is 6.89. The van der Waals surface area contributed by atoms with Gasteiger partial charge in [0.25, 0.3) is 10.0 Å². The molecule has 5 nitrogen and oxygen atoms in total. The fourth-order valence-electron chi connectivity index (χ4n) is 3.06. The lowest BCUT2D eigenvalue weighted by molar-refractivity contribution is -0.114. The Kier molecular flexibility index (Phi) is 6.48. The molecule has 0 aliphatic rings. The lowest BCUT2D eigenvalue weighted by Gasteiger charge is -2.26. The van der Waals surface area contributed by atoms with Crippen LogP contribution in [0.3, 0.4) is 0 Å². The van der Waals surface area contributed by atoms with Crippen LogP contribution in [0.2, 0.25) is 5.02 Å². The van der Waals surface area contributed by atoms with Crippen molar-refractivity contribution in [2.45, 2.75) is 25.7 Å². The number of rotatable bonds is 6. The molecule has 1 amide bonds. The number of sulfonamides is 1. The predicted molar refractivity (Wildman–Crippen MR) is 122 cm³/mol. The van der Waals surface area contributed by atoms with E-state index in [-0.39, 0.29) is 11.4 Å². The number of amides is 1. The molecule has 156 valence electrons. The zero-order chi connectivity index (χ0) is 21.9. The lowest BCUT2D eigenvalue weighted by Crippen LogP contribution is -2.38. The maximum absolute atomic E-state index is 13.5. The van der Waals surface area contributed by atoms with Crippen LogP contribution < -0.4 is 9.62 Å². The first-order chi connectivity index (χ1) is 14.2. The molecule has 0 unspecified atom stereocenters. The van der Waals surface area contributed by atoms with Gasteiger partial charge in [0.1, 0.15) is 6.54 Å². The molecule has 0 bridgehead atoms. The highest BCUT2D eigenvalue weighted by Gasteiger charge is 2.28. The quantitative estimate of drug-likeness (QED) is 0.577. The van der Waals surface area contributed by atoms with E-state index in [1.807, 2.05) is 32.0 Å². The summed E-state index contributed by atoms with van der Waals surface area (Å²) in [6.45, 7) is 5.14. The van der Waals surface area contributed by atoms with Gasteiger partial charge in [-0.1, -0.05) is 47.5 Å². The molecule has 3 aromatic rings. The summed E-state index contributed by atoms with van der Waals surface area (Å²) < 4.78 is 28.0. The number of carbonyl (C=O) groups is 1. The Hall–Kier alpha value is -2.83. The van der Waals surface area contributed by atoms with Crippen molar-refractivity contribution in [2.75, 3.05) is 16.2 Å². The Balaban J connectivity index is 2.00. The van der Waals surface area contributed by atoms with Crippen LogP contribution in [0.5, 0.6) is 0 Å². The van der Waals surface area contributed by atoms with Crippen molar-refractivity contribution in [3.8, 4) is 0 Å². The third-order valence-electron chi connectivity index (χ3n) is 4.71. The maximum atomic E-state index is 13.5. The molecule has 0 aliphatic carbocycles. The number of nitrogens with one attached hydrogen (secondary N) is 1. The molecule has 0 saturated heterocycles. The number of nitrogens with zero attached hydrogens (tertiary/aromatic N) is 1. The average molecular weight is 443 g/mol. The second-order valence-electron chi connectivity index (χ2n) is 7.13. The van der Waals surface area contributed by atoms with Crippen molar-refractivity contribution in [3.63, 3.8) is 0 Å². The van der Waals surface area contributed by atoms with E-state index >= 15 is 0 Å². The van der Waals surface area contributed by atoms with Crippen molar-refractivity contribution in [3.05, 3.63) is 88.4 Å². The number of carbonyl (C=O) groups excluding carboxylic acids is 1. The van der Waals surface area contributed by atoms with Gasteiger partial charge in [-0.2, -0.15) is 0 Å². The normalized spacial score (nSPS) is 11.2. The van der Waals surface area contributed by atoms with Crippen LogP contribution in [-0.2, 0) is 14.8 Å². The maximum Gasteiger partial charge on any atom is 0.264 e. The second kappa shape index (κ2) is 8.90. The molecule has 0 aromatic heterocycles. The van der Waals surface area contributed by atoms with Gasteiger partial charge in [-0.15, -0.1) is 0 Å². The van der Waals surface area contributed by atoms with Crippen molar-refractivity contribution >= 4 is 38.9 Å². The summed E-state index contributed by atoms with van der Waals surface area (Å²) in [5.41, 5.74) is 3.48. The first-order valence-electron chi connectivity index (χ1n) is 9.39. The third kappa shape index (κ3) is 4.83. The molecule has 3 aromatic carbocycles. The van der Waals surface area contributed by atoms with Crippen molar-refractivity contribution < 1.29 is 13.2 Å². The van der Waals surface area contributed by atoms with Crippen LogP contribution in [0.1, 0.15) is 16.7 Å². The molecule has 0 saturated carbocycles. The van der Waals surface area contributed by atoms with Gasteiger partial charge in [0, 0.05) is 10.7 Å². The van der Waals surface area contributed by atoms with E-state index < -0.39 is 15.9 Å². The summed E-state index contributed by atoms with van der Waals surface area (Å²) in [4.78, 5) is 12.9. The topological polar surface area (TPSA) is 66.5 Å². The number of halogens is 1. The Labute approximate surface area is 182 Å². The highest BCUT2D eigenvalue weighted by Crippen LogP contribution is 2.31. The lowest BCUT2D eigenvalue weighted by atomic mass is 10.2. The minimum atomic E-state index is -3.99. The van der Waals surface area contributed by atoms with Gasteiger partial charge < -0.3 is 5.32 Å². The molecular formula is C23H23ClN2O3S. The van der Waals surface area contributed by atoms with Crippen LogP contribution in [0, 0.1) is 20.8 Å². The largest absolute Gasteiger partial charge is 0.325 e. The van der Waals surface area contributed by atoms with Gasteiger partial charge in [0.2, 0.25) is 5.91 Å². The van der Waals surface area contributed by atoms with Crippen LogP contribution >= 0.6 is 11.6 Å². The molecule has 30 heavy (non-hydrogen) atoms. The highest BCUT2D eigenvalue weighted by molar-refractivity contribution is 7.92. The van der Waals surface area contributed by atoms with Crippen molar-refractivity contribution in [2.24, 2.45) is 0 Å². The Morgan fingerprint density at radius 3 is 2.27 bits per heavy atom. The van der Waals surface area contributed by atoms with Crippen LogP contribution in [0.25, 0.3) is 0 Å². The van der Waals surface area contributed by atoms with Crippen LogP contribution in [-0.4, -0.2) is 20.9 Å². The zero-order valence-corrected chi connectivity index (χ0v) is 18.6. The van der Waals surface area contributed by atoms with Gasteiger partial charge in [-0.05, 0) is 68.3 Å². The summed E-state index contributed by atoms with van der Waals surface area (Å²) in [5.74, 6) is -0.448. The van der Waals surface area contributed by atoms with E-state index in [1.54, 1.807) is 43.3 Å². The predicted octanol–water partition coefficient (Wildman–Crippen LogP) is 5.10. The molecule has 0 heterocycles. The molecule has 3 rings (SSSR count). The number of hydrogen-bond acceptors (Lipinski definition) is 3. The average Bonchev–Trinajstić information content (AvgIpc) is 2.69. The monoisotopic (exact) mass is 442 g/mol. The van der Waals surface area contributed by atoms with E-state index in [0.29, 0.717) is 22.0 Å². The fraction of sp³-hybridized carbons (Fsp3) is 0.174. The summed E-state index contributed by atoms with van der Waals surface area (Å²) in [5, 5.41) is 3.20. The fourth-order valence-corrected chi connectivity index (χ4v) is 4.71.